The number of nitrogens with one attached hydrogen (secondary N) is 2. The van der Waals surface area contributed by atoms with E-state index in [1.807, 2.05) is 13.8 Å². The Balaban J connectivity index is 1.97. The Bertz CT molecular complexity index is 433. The van der Waals surface area contributed by atoms with Crippen LogP contribution in [0, 0.1) is 5.92 Å². The molecule has 4 nitrogen and oxygen atoms in total. The van der Waals surface area contributed by atoms with E-state index in [-0.39, 0.29) is 11.5 Å². The van der Waals surface area contributed by atoms with Crippen molar-refractivity contribution in [2.24, 2.45) is 5.92 Å². The molecule has 4 heteroatoms. The van der Waals surface area contributed by atoms with Crippen LogP contribution < -0.4 is 10.9 Å². The van der Waals surface area contributed by atoms with Crippen LogP contribution in [0.5, 0.6) is 0 Å². The number of hydrogen-bond donors (Lipinski definition) is 2. The zero-order chi connectivity index (χ0) is 13.0. The van der Waals surface area contributed by atoms with Crippen LogP contribution in [-0.4, -0.2) is 16.5 Å². The van der Waals surface area contributed by atoms with Crippen molar-refractivity contribution in [2.75, 3.05) is 11.9 Å². The van der Waals surface area contributed by atoms with Gasteiger partial charge in [0.2, 0.25) is 0 Å². The molecule has 0 radical (unpaired) electrons. The lowest BCUT2D eigenvalue weighted by atomic mass is 9.89. The van der Waals surface area contributed by atoms with Crippen molar-refractivity contribution in [2.45, 2.75) is 51.9 Å². The second-order valence-corrected chi connectivity index (χ2v) is 5.56. The summed E-state index contributed by atoms with van der Waals surface area (Å²) in [4.78, 5) is 18.8. The second kappa shape index (κ2) is 6.03. The van der Waals surface area contributed by atoms with Crippen molar-refractivity contribution in [1.29, 1.82) is 0 Å². The molecule has 0 unspecified atom stereocenters. The Kier molecular flexibility index (Phi) is 4.39. The molecule has 2 rings (SSSR count). The van der Waals surface area contributed by atoms with Gasteiger partial charge >= 0.3 is 0 Å². The molecule has 100 valence electrons. The van der Waals surface area contributed by atoms with Crippen molar-refractivity contribution >= 4 is 5.82 Å². The van der Waals surface area contributed by atoms with Gasteiger partial charge in [-0.1, -0.05) is 33.1 Å². The first-order valence-corrected chi connectivity index (χ1v) is 7.00. The third-order valence-electron chi connectivity index (χ3n) is 3.60. The van der Waals surface area contributed by atoms with Crippen LogP contribution in [0.1, 0.15) is 57.7 Å². The number of rotatable bonds is 4. The van der Waals surface area contributed by atoms with Crippen LogP contribution in [0.2, 0.25) is 0 Å². The summed E-state index contributed by atoms with van der Waals surface area (Å²) in [5.41, 5.74) is -0.0696. The minimum atomic E-state index is -0.0696. The molecule has 1 aliphatic rings. The molecule has 1 saturated carbocycles. The Hall–Kier alpha value is -1.32. The largest absolute Gasteiger partial charge is 0.370 e. The Labute approximate surface area is 108 Å². The van der Waals surface area contributed by atoms with E-state index in [0.717, 1.165) is 18.3 Å². The molecule has 0 bridgehead atoms. The molecule has 0 amide bonds. The highest BCUT2D eigenvalue weighted by molar-refractivity contribution is 5.33. The first kappa shape index (κ1) is 13.1. The average Bonchev–Trinajstić information content (AvgIpc) is 2.37. The van der Waals surface area contributed by atoms with Gasteiger partial charge in [0.25, 0.3) is 5.56 Å². The Morgan fingerprint density at radius 3 is 2.78 bits per heavy atom. The lowest BCUT2D eigenvalue weighted by molar-refractivity contribution is 0.373. The number of H-pyrrole nitrogens is 1. The molecule has 2 N–H and O–H groups in total. The van der Waals surface area contributed by atoms with Crippen LogP contribution in [0.4, 0.5) is 5.82 Å². The summed E-state index contributed by atoms with van der Waals surface area (Å²) in [5, 5.41) is 3.32. The van der Waals surface area contributed by atoms with Gasteiger partial charge in [-0.25, -0.2) is 4.98 Å². The lowest BCUT2D eigenvalue weighted by Gasteiger charge is -2.22. The molecule has 1 heterocycles. The van der Waals surface area contributed by atoms with Gasteiger partial charge in [0.1, 0.15) is 11.6 Å². The summed E-state index contributed by atoms with van der Waals surface area (Å²) < 4.78 is 0. The van der Waals surface area contributed by atoms with Crippen molar-refractivity contribution < 1.29 is 0 Å². The highest BCUT2D eigenvalue weighted by atomic mass is 16.1. The van der Waals surface area contributed by atoms with Crippen LogP contribution in [0.15, 0.2) is 10.9 Å². The number of anilines is 1. The summed E-state index contributed by atoms with van der Waals surface area (Å²) in [7, 11) is 0. The maximum absolute atomic E-state index is 11.5. The summed E-state index contributed by atoms with van der Waals surface area (Å²) in [6, 6.07) is 1.55. The number of hydrogen-bond acceptors (Lipinski definition) is 3. The third-order valence-corrected chi connectivity index (χ3v) is 3.60. The van der Waals surface area contributed by atoms with E-state index in [4.69, 9.17) is 0 Å². The highest BCUT2D eigenvalue weighted by Crippen LogP contribution is 2.23. The minimum absolute atomic E-state index is 0.0696. The molecular weight excluding hydrogens is 226 g/mol. The van der Waals surface area contributed by atoms with Gasteiger partial charge in [-0.2, -0.15) is 0 Å². The lowest BCUT2D eigenvalue weighted by Crippen LogP contribution is -2.20. The van der Waals surface area contributed by atoms with Crippen molar-refractivity contribution in [3.05, 3.63) is 22.2 Å². The fourth-order valence-corrected chi connectivity index (χ4v) is 2.48. The van der Waals surface area contributed by atoms with Gasteiger partial charge in [0, 0.05) is 18.5 Å². The molecule has 1 fully saturated rings. The maximum Gasteiger partial charge on any atom is 0.252 e. The average molecular weight is 249 g/mol. The monoisotopic (exact) mass is 249 g/mol. The molecule has 18 heavy (non-hydrogen) atoms. The molecule has 0 atom stereocenters. The van der Waals surface area contributed by atoms with E-state index in [2.05, 4.69) is 15.3 Å². The van der Waals surface area contributed by atoms with E-state index >= 15 is 0 Å². The van der Waals surface area contributed by atoms with Gasteiger partial charge in [-0.15, -0.1) is 0 Å². The molecule has 1 aromatic rings. The van der Waals surface area contributed by atoms with E-state index in [1.54, 1.807) is 6.07 Å². The minimum Gasteiger partial charge on any atom is -0.370 e. The zero-order valence-corrected chi connectivity index (χ0v) is 11.3. The Morgan fingerprint density at radius 2 is 2.11 bits per heavy atom. The van der Waals surface area contributed by atoms with E-state index in [1.165, 1.54) is 32.1 Å². The third kappa shape index (κ3) is 3.59. The van der Waals surface area contributed by atoms with E-state index in [9.17, 15) is 4.79 Å². The fourth-order valence-electron chi connectivity index (χ4n) is 2.48. The maximum atomic E-state index is 11.5. The number of aromatic nitrogens is 2. The summed E-state index contributed by atoms with van der Waals surface area (Å²) in [5.74, 6) is 2.46. The molecule has 0 aliphatic heterocycles. The van der Waals surface area contributed by atoms with Crippen molar-refractivity contribution in [1.82, 2.24) is 9.97 Å². The predicted octanol–water partition coefficient (Wildman–Crippen LogP) is 2.89. The molecule has 0 saturated heterocycles. The van der Waals surface area contributed by atoms with Crippen molar-refractivity contribution in [3.8, 4) is 0 Å². The quantitative estimate of drug-likeness (QED) is 0.862. The van der Waals surface area contributed by atoms with Crippen LogP contribution in [-0.2, 0) is 0 Å². The summed E-state index contributed by atoms with van der Waals surface area (Å²) in [6.45, 7) is 5.00. The van der Waals surface area contributed by atoms with E-state index in [0.29, 0.717) is 5.82 Å². The topological polar surface area (TPSA) is 57.8 Å². The second-order valence-electron chi connectivity index (χ2n) is 5.56. The van der Waals surface area contributed by atoms with Crippen LogP contribution in [0.25, 0.3) is 0 Å². The van der Waals surface area contributed by atoms with Crippen molar-refractivity contribution in [3.63, 3.8) is 0 Å². The van der Waals surface area contributed by atoms with Gasteiger partial charge < -0.3 is 10.3 Å². The first-order valence-electron chi connectivity index (χ1n) is 7.00. The number of nitrogens with zero attached hydrogens (tertiary/aromatic N) is 1. The van der Waals surface area contributed by atoms with Crippen LogP contribution >= 0.6 is 0 Å². The standard InChI is InChI=1S/C14H23N3O/c1-10(2)14-16-12(8-13(18)17-14)15-9-11-6-4-3-5-7-11/h8,10-11H,3-7,9H2,1-2H3,(H2,15,16,17,18). The summed E-state index contributed by atoms with van der Waals surface area (Å²) in [6.07, 6.45) is 6.65. The molecule has 0 spiro atoms. The number of aromatic amines is 1. The predicted molar refractivity (Wildman–Crippen MR) is 74.0 cm³/mol. The SMILES string of the molecule is CC(C)c1nc(NCC2CCCCC2)cc(=O)[nH]1. The van der Waals surface area contributed by atoms with Gasteiger partial charge in [-0.05, 0) is 18.8 Å². The zero-order valence-electron chi connectivity index (χ0n) is 11.3. The summed E-state index contributed by atoms with van der Waals surface area (Å²) >= 11 is 0. The smallest absolute Gasteiger partial charge is 0.252 e. The first-order chi connectivity index (χ1) is 8.65. The Morgan fingerprint density at radius 1 is 1.39 bits per heavy atom. The highest BCUT2D eigenvalue weighted by Gasteiger charge is 2.13. The van der Waals surface area contributed by atoms with Gasteiger partial charge in [0.05, 0.1) is 0 Å². The van der Waals surface area contributed by atoms with Gasteiger partial charge in [0.15, 0.2) is 0 Å². The fraction of sp³-hybridized carbons (Fsp3) is 0.714. The normalized spacial score (nSPS) is 17.1. The van der Waals surface area contributed by atoms with E-state index < -0.39 is 0 Å². The van der Waals surface area contributed by atoms with Gasteiger partial charge in [-0.3, -0.25) is 4.79 Å². The molecule has 1 aromatic heterocycles. The van der Waals surface area contributed by atoms with Crippen LogP contribution in [0.3, 0.4) is 0 Å². The molecule has 1 aliphatic carbocycles. The molecule has 0 aromatic carbocycles. The molecular formula is C14H23N3O.